The van der Waals surface area contributed by atoms with Crippen molar-refractivity contribution >= 4 is 51.1 Å². The normalized spacial score (nSPS) is 32.4. The number of nitrogens with two attached hydrogens (primary N) is 1. The van der Waals surface area contributed by atoms with Gasteiger partial charge in [0.05, 0.1) is 34.8 Å². The molecular weight excluding hydrogens is 538 g/mol. The number of carboxylic acid groups (broad SMARTS) is 1. The Morgan fingerprint density at radius 3 is 2.49 bits per heavy atom. The van der Waals surface area contributed by atoms with E-state index in [0.717, 1.165) is 75.8 Å². The van der Waals surface area contributed by atoms with E-state index in [1.165, 1.54) is 33.6 Å². The molecule has 0 aliphatic carbocycles. The number of quaternary nitrogens is 2. The van der Waals surface area contributed by atoms with Crippen LogP contribution in [0.5, 0.6) is 0 Å². The first-order valence-electron chi connectivity index (χ1n) is 13.6. The van der Waals surface area contributed by atoms with Gasteiger partial charge in [0.1, 0.15) is 45.0 Å². The van der Waals surface area contributed by atoms with Gasteiger partial charge in [-0.25, -0.2) is 9.78 Å². The molecule has 1 aromatic heterocycles. The van der Waals surface area contributed by atoms with Gasteiger partial charge in [-0.1, -0.05) is 24.8 Å². The molecule has 0 unspecified atom stereocenters. The van der Waals surface area contributed by atoms with Crippen LogP contribution in [0.25, 0.3) is 10.2 Å². The van der Waals surface area contributed by atoms with E-state index < -0.39 is 18.0 Å². The van der Waals surface area contributed by atoms with Crippen LogP contribution in [0.15, 0.2) is 33.1 Å². The predicted molar refractivity (Wildman–Crippen MR) is 147 cm³/mol. The number of aliphatic hydroxyl groups excluding tert-OH is 1. The summed E-state index contributed by atoms with van der Waals surface area (Å²) in [5.41, 5.74) is 7.67. The largest absolute Gasteiger partial charge is 0.477 e. The number of aliphatic carboxylic acids is 1. The van der Waals surface area contributed by atoms with Gasteiger partial charge in [0, 0.05) is 17.2 Å². The Kier molecular flexibility index (Phi) is 6.54. The lowest BCUT2D eigenvalue weighted by molar-refractivity contribution is -1.08. The fourth-order valence-electron chi connectivity index (χ4n) is 7.11. The van der Waals surface area contributed by atoms with E-state index in [4.69, 9.17) is 10.7 Å². The van der Waals surface area contributed by atoms with Crippen molar-refractivity contribution in [1.82, 2.24) is 9.88 Å². The molecule has 4 saturated heterocycles. The molecule has 4 atom stereocenters. The smallest absolute Gasteiger partial charge is 0.353 e. The standard InChI is InChI=1S/C27H33N5O5S2/c1-15-22-21(16(2)33)25(35)30(22)23(26(36)37)24(15)39-27-29-18-13-17(3-4-19(18)38-27)5-6-31-7-10-32(11-8-31,12-9-31)14-20(28)34/h3-4,13,15-16,21-22,33H,5-12,14H2,1-2H3,(H-2,28,34,36,37)/p+2/t15-,16-,21-,22-,31?,32?/m1/s1. The zero-order valence-corrected chi connectivity index (χ0v) is 23.8. The summed E-state index contributed by atoms with van der Waals surface area (Å²) in [4.78, 5) is 43.1. The Bertz CT molecular complexity index is 1380. The van der Waals surface area contributed by atoms with Crippen LogP contribution >= 0.6 is 23.1 Å². The highest BCUT2D eigenvalue weighted by atomic mass is 32.2. The van der Waals surface area contributed by atoms with Crippen molar-refractivity contribution < 1.29 is 33.6 Å². The first-order chi connectivity index (χ1) is 18.5. The van der Waals surface area contributed by atoms with E-state index in [9.17, 15) is 24.6 Å². The molecule has 7 rings (SSSR count). The van der Waals surface area contributed by atoms with Gasteiger partial charge in [-0.15, -0.1) is 11.3 Å². The second kappa shape index (κ2) is 9.55. The number of primary amides is 1. The highest BCUT2D eigenvalue weighted by Crippen LogP contribution is 2.52. The van der Waals surface area contributed by atoms with E-state index in [2.05, 4.69) is 18.2 Å². The van der Waals surface area contributed by atoms with E-state index >= 15 is 0 Å². The summed E-state index contributed by atoms with van der Waals surface area (Å²) in [6.07, 6.45) is 0.134. The minimum atomic E-state index is -1.12. The third-order valence-electron chi connectivity index (χ3n) is 9.45. The summed E-state index contributed by atoms with van der Waals surface area (Å²) >= 11 is 2.86. The van der Waals surface area contributed by atoms with E-state index in [1.807, 2.05) is 6.92 Å². The molecular formula is C27H35N5O5S2+2. The number of thioether (sulfide) groups is 1. The number of nitrogens with zero attached hydrogens (tertiary/aromatic N) is 4. The van der Waals surface area contributed by atoms with Gasteiger partial charge in [-0.05, 0) is 24.6 Å². The number of fused-ring (bicyclic) bond motifs is 5. The van der Waals surface area contributed by atoms with E-state index in [-0.39, 0.29) is 29.5 Å². The van der Waals surface area contributed by atoms with Gasteiger partial charge in [0.2, 0.25) is 5.91 Å². The summed E-state index contributed by atoms with van der Waals surface area (Å²) in [6, 6.07) is 6.06. The molecule has 4 N–H and O–H groups in total. The highest BCUT2D eigenvalue weighted by molar-refractivity contribution is 8.04. The van der Waals surface area contributed by atoms with Crippen molar-refractivity contribution in [3.8, 4) is 0 Å². The maximum Gasteiger partial charge on any atom is 0.353 e. The van der Waals surface area contributed by atoms with Crippen LogP contribution in [0.1, 0.15) is 19.4 Å². The quantitative estimate of drug-likeness (QED) is 0.304. The van der Waals surface area contributed by atoms with Gasteiger partial charge in [0.25, 0.3) is 5.91 Å². The molecule has 39 heavy (non-hydrogen) atoms. The molecule has 2 bridgehead atoms. The second-order valence-electron chi connectivity index (χ2n) is 11.8. The Labute approximate surface area is 235 Å². The van der Waals surface area contributed by atoms with Crippen molar-refractivity contribution in [1.29, 1.82) is 0 Å². The second-order valence-corrected chi connectivity index (χ2v) is 14.1. The summed E-state index contributed by atoms with van der Waals surface area (Å²) in [7, 11) is 0. The molecule has 0 spiro atoms. The van der Waals surface area contributed by atoms with Crippen LogP contribution in [0.3, 0.4) is 0 Å². The van der Waals surface area contributed by atoms with Crippen LogP contribution in [-0.4, -0.2) is 111 Å². The van der Waals surface area contributed by atoms with Crippen molar-refractivity contribution in [2.24, 2.45) is 17.6 Å². The van der Waals surface area contributed by atoms with Gasteiger partial charge in [0.15, 0.2) is 10.9 Å². The number of benzene rings is 1. The lowest BCUT2D eigenvalue weighted by atomic mass is 9.79. The van der Waals surface area contributed by atoms with Crippen molar-refractivity contribution in [3.63, 3.8) is 0 Å². The first-order valence-corrected chi connectivity index (χ1v) is 15.2. The van der Waals surface area contributed by atoms with Crippen LogP contribution < -0.4 is 5.73 Å². The number of thiazole rings is 1. The Morgan fingerprint density at radius 1 is 1.21 bits per heavy atom. The fraction of sp³-hybridized carbons (Fsp3) is 0.556. The topological polar surface area (TPSA) is 134 Å². The maximum atomic E-state index is 12.6. The summed E-state index contributed by atoms with van der Waals surface area (Å²) in [5.74, 6) is -2.41. The molecule has 6 heterocycles. The molecule has 10 nitrogen and oxygen atoms in total. The molecule has 12 heteroatoms. The third kappa shape index (κ3) is 4.46. The molecule has 2 amide bonds. The minimum Gasteiger partial charge on any atom is -0.477 e. The number of β-lactam (4-membered cyclic amide) rings is 1. The molecule has 4 fully saturated rings. The van der Waals surface area contributed by atoms with E-state index in [0.29, 0.717) is 11.4 Å². The fourth-order valence-corrected chi connectivity index (χ4v) is 9.44. The molecule has 208 valence electrons. The van der Waals surface area contributed by atoms with Crippen LogP contribution in [-0.2, 0) is 20.8 Å². The number of aliphatic hydroxyl groups is 1. The van der Waals surface area contributed by atoms with Crippen molar-refractivity contribution in [3.05, 3.63) is 34.4 Å². The van der Waals surface area contributed by atoms with Crippen molar-refractivity contribution in [2.45, 2.75) is 36.8 Å². The average Bonchev–Trinajstić information content (AvgIpc) is 3.39. The van der Waals surface area contributed by atoms with Gasteiger partial charge < -0.3 is 29.8 Å². The Balaban J connectivity index is 1.16. The number of hydrogen-bond acceptors (Lipinski definition) is 7. The van der Waals surface area contributed by atoms with Crippen molar-refractivity contribution in [2.75, 3.05) is 52.4 Å². The molecule has 2 aromatic rings. The van der Waals surface area contributed by atoms with Gasteiger partial charge in [-0.2, -0.15) is 0 Å². The Morgan fingerprint density at radius 2 is 1.87 bits per heavy atom. The minimum absolute atomic E-state index is 0.0230. The number of carboxylic acids is 1. The lowest BCUT2D eigenvalue weighted by Crippen LogP contribution is -2.76. The number of amides is 2. The number of aromatic nitrogens is 1. The summed E-state index contributed by atoms with van der Waals surface area (Å²) < 4.78 is 3.75. The lowest BCUT2D eigenvalue weighted by Gasteiger charge is -2.55. The molecule has 5 aliphatic rings. The highest BCUT2D eigenvalue weighted by Gasteiger charge is 2.60. The summed E-state index contributed by atoms with van der Waals surface area (Å²) in [6.45, 7) is 11.3. The number of piperazine rings is 3. The van der Waals surface area contributed by atoms with Crippen LogP contribution in [0, 0.1) is 11.8 Å². The zero-order valence-electron chi connectivity index (χ0n) is 22.2. The number of rotatable bonds is 9. The SMILES string of the molecule is C[C@@H](O)[C@H]1C(=O)N2C(C(=O)O)=C(Sc3nc4cc(CC[N+]56CC[N+](CC(N)=O)(CC5)CC6)ccc4s3)[C@H](C)[C@H]12. The molecule has 0 saturated carbocycles. The number of carbonyl (C=O) groups excluding carboxylic acids is 2. The van der Waals surface area contributed by atoms with Gasteiger partial charge in [-0.3, -0.25) is 9.59 Å². The Hall–Kier alpha value is -2.51. The summed E-state index contributed by atoms with van der Waals surface area (Å²) in [5, 5.41) is 20.0. The maximum absolute atomic E-state index is 12.6. The monoisotopic (exact) mass is 573 g/mol. The molecule has 1 aromatic carbocycles. The van der Waals surface area contributed by atoms with Gasteiger partial charge >= 0.3 is 5.97 Å². The number of carbonyl (C=O) groups is 3. The first kappa shape index (κ1) is 26.7. The predicted octanol–water partition coefficient (Wildman–Crippen LogP) is 1.23. The average molecular weight is 574 g/mol. The van der Waals surface area contributed by atoms with E-state index in [1.54, 1.807) is 6.92 Å². The van der Waals surface area contributed by atoms with Crippen LogP contribution in [0.4, 0.5) is 0 Å². The zero-order chi connectivity index (χ0) is 27.7. The van der Waals surface area contributed by atoms with Crippen LogP contribution in [0.2, 0.25) is 0 Å². The molecule has 0 radical (unpaired) electrons. The number of hydrogen-bond donors (Lipinski definition) is 3. The third-order valence-corrected chi connectivity index (χ3v) is 11.8. The molecule has 5 aliphatic heterocycles.